The lowest BCUT2D eigenvalue weighted by Gasteiger charge is -2.19. The molecule has 0 fully saturated rings. The first kappa shape index (κ1) is 22.2. The van der Waals surface area contributed by atoms with Gasteiger partial charge >= 0.3 is 0 Å². The lowest BCUT2D eigenvalue weighted by molar-refractivity contribution is -0.121. The van der Waals surface area contributed by atoms with Crippen molar-refractivity contribution in [2.45, 2.75) is 18.9 Å². The highest BCUT2D eigenvalue weighted by Gasteiger charge is 2.21. The molecule has 2 aromatic heterocycles. The number of imidazole rings is 1. The fourth-order valence-corrected chi connectivity index (χ4v) is 3.64. The van der Waals surface area contributed by atoms with E-state index in [2.05, 4.69) is 10.3 Å². The molecule has 33 heavy (non-hydrogen) atoms. The molecule has 2 aromatic carbocycles. The SMILES string of the molecule is COc1ccc(-c2ccc(CCC(=O)NC(c3ccc(OC)cc3)c3nccn3C)o2)cc1. The van der Waals surface area contributed by atoms with Gasteiger partial charge in [0, 0.05) is 37.8 Å². The molecule has 4 rings (SSSR count). The second kappa shape index (κ2) is 10.1. The lowest BCUT2D eigenvalue weighted by Crippen LogP contribution is -2.31. The van der Waals surface area contributed by atoms with Gasteiger partial charge in [0.1, 0.15) is 34.9 Å². The molecule has 0 radical (unpaired) electrons. The summed E-state index contributed by atoms with van der Waals surface area (Å²) in [5, 5.41) is 3.12. The van der Waals surface area contributed by atoms with E-state index in [1.54, 1.807) is 20.4 Å². The number of methoxy groups -OCH3 is 2. The van der Waals surface area contributed by atoms with Crippen molar-refractivity contribution in [3.8, 4) is 22.8 Å². The molecule has 2 heterocycles. The topological polar surface area (TPSA) is 78.5 Å². The molecule has 170 valence electrons. The summed E-state index contributed by atoms with van der Waals surface area (Å²) < 4.78 is 18.3. The van der Waals surface area contributed by atoms with Gasteiger partial charge in [0.2, 0.25) is 5.91 Å². The van der Waals surface area contributed by atoms with Crippen LogP contribution in [0.1, 0.15) is 29.6 Å². The fourth-order valence-electron chi connectivity index (χ4n) is 3.64. The number of furan rings is 1. The summed E-state index contributed by atoms with van der Waals surface area (Å²) in [6.45, 7) is 0. The molecule has 0 aliphatic carbocycles. The maximum Gasteiger partial charge on any atom is 0.221 e. The molecule has 0 aliphatic heterocycles. The number of carbonyl (C=O) groups excluding carboxylic acids is 1. The highest BCUT2D eigenvalue weighted by Crippen LogP contribution is 2.26. The van der Waals surface area contributed by atoms with E-state index in [0.29, 0.717) is 12.8 Å². The monoisotopic (exact) mass is 445 g/mol. The number of benzene rings is 2. The van der Waals surface area contributed by atoms with E-state index in [4.69, 9.17) is 13.9 Å². The molecule has 7 nitrogen and oxygen atoms in total. The van der Waals surface area contributed by atoms with E-state index < -0.39 is 0 Å². The number of ether oxygens (including phenoxy) is 2. The quantitative estimate of drug-likeness (QED) is 0.409. The van der Waals surface area contributed by atoms with Gasteiger partial charge in [-0.3, -0.25) is 4.79 Å². The van der Waals surface area contributed by atoms with Gasteiger partial charge in [-0.15, -0.1) is 0 Å². The standard InChI is InChI=1S/C26H27N3O4/c1-29-17-16-27-26(29)25(19-6-10-21(32-3)11-7-19)28-24(30)15-13-22-12-14-23(33-22)18-4-8-20(31-2)9-5-18/h4-12,14,16-17,25H,13,15H2,1-3H3,(H,28,30). The number of aryl methyl sites for hydroxylation is 2. The molecule has 0 spiro atoms. The van der Waals surface area contributed by atoms with Crippen LogP contribution in [0.5, 0.6) is 11.5 Å². The van der Waals surface area contributed by atoms with Crippen molar-refractivity contribution < 1.29 is 18.7 Å². The second-order valence-electron chi connectivity index (χ2n) is 7.66. The van der Waals surface area contributed by atoms with Crippen molar-refractivity contribution in [2.75, 3.05) is 14.2 Å². The van der Waals surface area contributed by atoms with E-state index >= 15 is 0 Å². The van der Waals surface area contributed by atoms with Gasteiger partial charge < -0.3 is 23.8 Å². The van der Waals surface area contributed by atoms with Crippen LogP contribution in [0, 0.1) is 0 Å². The van der Waals surface area contributed by atoms with Crippen LogP contribution in [0.25, 0.3) is 11.3 Å². The zero-order chi connectivity index (χ0) is 23.2. The van der Waals surface area contributed by atoms with Gasteiger partial charge in [-0.2, -0.15) is 0 Å². The summed E-state index contributed by atoms with van der Waals surface area (Å²) in [5.74, 6) is 3.75. The Morgan fingerprint density at radius 3 is 2.27 bits per heavy atom. The summed E-state index contributed by atoms with van der Waals surface area (Å²) in [6, 6.07) is 18.8. The fraction of sp³-hybridized carbons (Fsp3) is 0.231. The third kappa shape index (κ3) is 5.26. The van der Waals surface area contributed by atoms with Crippen LogP contribution in [0.15, 0.2) is 77.5 Å². The smallest absolute Gasteiger partial charge is 0.221 e. The molecule has 0 saturated heterocycles. The zero-order valence-electron chi connectivity index (χ0n) is 18.9. The summed E-state index contributed by atoms with van der Waals surface area (Å²) >= 11 is 0. The van der Waals surface area contributed by atoms with Crippen LogP contribution < -0.4 is 14.8 Å². The van der Waals surface area contributed by atoms with Crippen molar-refractivity contribution in [1.82, 2.24) is 14.9 Å². The molecular weight excluding hydrogens is 418 g/mol. The molecular formula is C26H27N3O4. The minimum atomic E-state index is -0.366. The summed E-state index contributed by atoms with van der Waals surface area (Å²) in [5.41, 5.74) is 1.89. The summed E-state index contributed by atoms with van der Waals surface area (Å²) in [7, 11) is 5.17. The predicted octanol–water partition coefficient (Wildman–Crippen LogP) is 4.54. The van der Waals surface area contributed by atoms with Gasteiger partial charge in [0.05, 0.1) is 14.2 Å². The van der Waals surface area contributed by atoms with Gasteiger partial charge in [0.25, 0.3) is 0 Å². The molecule has 0 aliphatic rings. The minimum Gasteiger partial charge on any atom is -0.497 e. The molecule has 0 saturated carbocycles. The van der Waals surface area contributed by atoms with Crippen LogP contribution in [0.3, 0.4) is 0 Å². The number of hydrogen-bond acceptors (Lipinski definition) is 5. The van der Waals surface area contributed by atoms with Gasteiger partial charge in [0.15, 0.2) is 0 Å². The normalized spacial score (nSPS) is 11.7. The first-order valence-corrected chi connectivity index (χ1v) is 10.7. The highest BCUT2D eigenvalue weighted by molar-refractivity contribution is 5.77. The molecule has 1 unspecified atom stereocenters. The van der Waals surface area contributed by atoms with Crippen LogP contribution in [0.2, 0.25) is 0 Å². The Labute approximate surface area is 193 Å². The molecule has 1 N–H and O–H groups in total. The van der Waals surface area contributed by atoms with E-state index in [-0.39, 0.29) is 11.9 Å². The van der Waals surface area contributed by atoms with Crippen LogP contribution >= 0.6 is 0 Å². The van der Waals surface area contributed by atoms with E-state index in [0.717, 1.165) is 40.0 Å². The molecule has 4 aromatic rings. The van der Waals surface area contributed by atoms with Crippen molar-refractivity contribution in [3.63, 3.8) is 0 Å². The molecule has 7 heteroatoms. The number of amides is 1. The Morgan fingerprint density at radius 2 is 1.67 bits per heavy atom. The van der Waals surface area contributed by atoms with E-state index in [1.807, 2.05) is 78.5 Å². The Balaban J connectivity index is 1.42. The van der Waals surface area contributed by atoms with Crippen LogP contribution in [-0.4, -0.2) is 29.7 Å². The summed E-state index contributed by atoms with van der Waals surface area (Å²) in [6.07, 6.45) is 4.38. The zero-order valence-corrected chi connectivity index (χ0v) is 18.9. The number of carbonyl (C=O) groups is 1. The average molecular weight is 446 g/mol. The van der Waals surface area contributed by atoms with E-state index in [9.17, 15) is 4.79 Å². The molecule has 1 atom stereocenters. The van der Waals surface area contributed by atoms with Crippen molar-refractivity contribution >= 4 is 5.91 Å². The highest BCUT2D eigenvalue weighted by atomic mass is 16.5. The van der Waals surface area contributed by atoms with Crippen LogP contribution in [-0.2, 0) is 18.3 Å². The van der Waals surface area contributed by atoms with Crippen LogP contribution in [0.4, 0.5) is 0 Å². The Kier molecular flexibility index (Phi) is 6.78. The van der Waals surface area contributed by atoms with Crippen molar-refractivity contribution in [3.05, 3.63) is 90.2 Å². The Hall–Kier alpha value is -4.00. The maximum absolute atomic E-state index is 12.8. The maximum atomic E-state index is 12.8. The molecule has 1 amide bonds. The Bertz CT molecular complexity index is 1190. The van der Waals surface area contributed by atoms with Crippen molar-refractivity contribution in [1.29, 1.82) is 0 Å². The first-order valence-electron chi connectivity index (χ1n) is 10.7. The first-order chi connectivity index (χ1) is 16.1. The van der Waals surface area contributed by atoms with Gasteiger partial charge in [-0.25, -0.2) is 4.98 Å². The number of nitrogens with one attached hydrogen (secondary N) is 1. The lowest BCUT2D eigenvalue weighted by atomic mass is 10.1. The third-order valence-corrected chi connectivity index (χ3v) is 5.51. The third-order valence-electron chi connectivity index (χ3n) is 5.51. The summed E-state index contributed by atoms with van der Waals surface area (Å²) in [4.78, 5) is 17.3. The van der Waals surface area contributed by atoms with Gasteiger partial charge in [-0.05, 0) is 54.1 Å². The second-order valence-corrected chi connectivity index (χ2v) is 7.66. The van der Waals surface area contributed by atoms with Crippen molar-refractivity contribution in [2.24, 2.45) is 7.05 Å². The van der Waals surface area contributed by atoms with E-state index in [1.165, 1.54) is 0 Å². The number of nitrogens with zero attached hydrogens (tertiary/aromatic N) is 2. The predicted molar refractivity (Wildman–Crippen MR) is 125 cm³/mol. The number of hydrogen-bond donors (Lipinski definition) is 1. The average Bonchev–Trinajstić information content (AvgIpc) is 3.50. The number of aromatic nitrogens is 2. The number of rotatable bonds is 9. The molecule has 0 bridgehead atoms. The minimum absolute atomic E-state index is 0.0822. The largest absolute Gasteiger partial charge is 0.497 e. The van der Waals surface area contributed by atoms with Gasteiger partial charge in [-0.1, -0.05) is 12.1 Å². The Morgan fingerprint density at radius 1 is 1.00 bits per heavy atom.